The Balaban J connectivity index is 3.02. The van der Waals surface area contributed by atoms with Crippen LogP contribution in [0.4, 0.5) is 8.78 Å². The second-order valence-electron chi connectivity index (χ2n) is 4.54. The smallest absolute Gasteiger partial charge is 0.335 e. The largest absolute Gasteiger partial charge is 0.424 e. The molecule has 6 heteroatoms. The van der Waals surface area contributed by atoms with E-state index >= 15 is 0 Å². The SMILES string of the molecule is C=CC(=O)OC(/C=C\C(=C)c1ccc(OC(=O)C=C)c(F)c1F)=C/C. The fraction of sp³-hybridized carbons (Fsp3) is 0.0526. The van der Waals surface area contributed by atoms with Crippen LogP contribution in [0, 0.1) is 11.6 Å². The van der Waals surface area contributed by atoms with E-state index in [1.807, 2.05) is 0 Å². The van der Waals surface area contributed by atoms with Gasteiger partial charge in [0.05, 0.1) is 0 Å². The van der Waals surface area contributed by atoms with E-state index in [0.29, 0.717) is 0 Å². The van der Waals surface area contributed by atoms with Crippen LogP contribution < -0.4 is 4.74 Å². The number of benzene rings is 1. The van der Waals surface area contributed by atoms with Gasteiger partial charge in [-0.1, -0.05) is 25.8 Å². The van der Waals surface area contributed by atoms with Crippen molar-refractivity contribution in [3.8, 4) is 5.75 Å². The number of carbonyl (C=O) groups excluding carboxylic acids is 2. The quantitative estimate of drug-likeness (QED) is 0.243. The van der Waals surface area contributed by atoms with Gasteiger partial charge in [-0.25, -0.2) is 14.0 Å². The summed E-state index contributed by atoms with van der Waals surface area (Å²) in [5.41, 5.74) is -0.0235. The Labute approximate surface area is 144 Å². The maximum atomic E-state index is 14.1. The molecule has 0 amide bonds. The second-order valence-corrected chi connectivity index (χ2v) is 4.54. The summed E-state index contributed by atoms with van der Waals surface area (Å²) in [6.45, 7) is 11.7. The molecule has 0 bridgehead atoms. The van der Waals surface area contributed by atoms with Gasteiger partial charge in [0.1, 0.15) is 5.76 Å². The number of ether oxygens (including phenoxy) is 2. The molecule has 0 aliphatic carbocycles. The molecular formula is C19H16F2O4. The Hall–Kier alpha value is -3.28. The summed E-state index contributed by atoms with van der Waals surface area (Å²) < 4.78 is 37.6. The molecule has 0 heterocycles. The molecule has 1 rings (SSSR count). The highest BCUT2D eigenvalue weighted by Crippen LogP contribution is 2.27. The summed E-state index contributed by atoms with van der Waals surface area (Å²) in [4.78, 5) is 22.2. The fourth-order valence-electron chi connectivity index (χ4n) is 1.63. The monoisotopic (exact) mass is 346 g/mol. The van der Waals surface area contributed by atoms with Crippen LogP contribution in [0.1, 0.15) is 12.5 Å². The lowest BCUT2D eigenvalue weighted by molar-refractivity contribution is -0.133. The molecule has 0 aliphatic heterocycles. The molecule has 25 heavy (non-hydrogen) atoms. The van der Waals surface area contributed by atoms with Crippen LogP contribution in [0.15, 0.2) is 68.0 Å². The van der Waals surface area contributed by atoms with Crippen molar-refractivity contribution in [2.75, 3.05) is 0 Å². The molecule has 1 aromatic rings. The standard InChI is InChI=1S/C19H16F2O4/c1-5-13(24-16(22)6-2)9-8-12(4)14-10-11-15(19(21)18(14)20)25-17(23)7-3/h5-11H,2-4H2,1H3/b9-8-,13-5+. The van der Waals surface area contributed by atoms with Gasteiger partial charge in [-0.3, -0.25) is 0 Å². The number of halogens is 2. The molecule has 130 valence electrons. The lowest BCUT2D eigenvalue weighted by Crippen LogP contribution is -2.06. The molecule has 0 saturated heterocycles. The summed E-state index contributed by atoms with van der Waals surface area (Å²) in [6.07, 6.45) is 6.03. The highest BCUT2D eigenvalue weighted by molar-refractivity contribution is 5.84. The number of esters is 2. The number of rotatable bonds is 7. The normalized spacial score (nSPS) is 11.1. The lowest BCUT2D eigenvalue weighted by atomic mass is 10.1. The number of hydrogen-bond donors (Lipinski definition) is 0. The van der Waals surface area contributed by atoms with Crippen LogP contribution in [-0.2, 0) is 14.3 Å². The van der Waals surface area contributed by atoms with Crippen molar-refractivity contribution in [3.05, 3.63) is 85.2 Å². The number of allylic oxidation sites excluding steroid dienone is 4. The van der Waals surface area contributed by atoms with Crippen molar-refractivity contribution < 1.29 is 27.8 Å². The van der Waals surface area contributed by atoms with Crippen LogP contribution in [-0.4, -0.2) is 11.9 Å². The molecule has 4 nitrogen and oxygen atoms in total. The summed E-state index contributed by atoms with van der Waals surface area (Å²) in [7, 11) is 0. The van der Waals surface area contributed by atoms with Gasteiger partial charge >= 0.3 is 11.9 Å². The van der Waals surface area contributed by atoms with Crippen LogP contribution in [0.2, 0.25) is 0 Å². The first-order valence-electron chi connectivity index (χ1n) is 7.04. The minimum atomic E-state index is -1.33. The third kappa shape index (κ3) is 5.39. The minimum absolute atomic E-state index is 0.118. The van der Waals surface area contributed by atoms with Gasteiger partial charge in [-0.05, 0) is 36.8 Å². The van der Waals surface area contributed by atoms with Gasteiger partial charge in [0.2, 0.25) is 5.82 Å². The number of hydrogen-bond acceptors (Lipinski definition) is 4. The highest BCUT2D eigenvalue weighted by Gasteiger charge is 2.17. The van der Waals surface area contributed by atoms with Gasteiger partial charge in [0.25, 0.3) is 0 Å². The number of carbonyl (C=O) groups is 2. The van der Waals surface area contributed by atoms with Gasteiger partial charge < -0.3 is 9.47 Å². The zero-order chi connectivity index (χ0) is 19.0. The Morgan fingerprint density at radius 3 is 2.24 bits per heavy atom. The van der Waals surface area contributed by atoms with E-state index in [4.69, 9.17) is 4.74 Å². The zero-order valence-electron chi connectivity index (χ0n) is 13.6. The molecule has 0 radical (unpaired) electrons. The summed E-state index contributed by atoms with van der Waals surface area (Å²) >= 11 is 0. The van der Waals surface area contributed by atoms with E-state index < -0.39 is 29.3 Å². The predicted molar refractivity (Wildman–Crippen MR) is 90.4 cm³/mol. The van der Waals surface area contributed by atoms with Crippen molar-refractivity contribution in [1.29, 1.82) is 0 Å². The van der Waals surface area contributed by atoms with Gasteiger partial charge in [-0.15, -0.1) is 0 Å². The van der Waals surface area contributed by atoms with E-state index in [1.165, 1.54) is 24.3 Å². The van der Waals surface area contributed by atoms with Crippen LogP contribution >= 0.6 is 0 Å². The first kappa shape index (κ1) is 19.8. The molecule has 0 unspecified atom stereocenters. The molecule has 0 atom stereocenters. The fourth-order valence-corrected chi connectivity index (χ4v) is 1.63. The molecule has 0 spiro atoms. The predicted octanol–water partition coefficient (Wildman–Crippen LogP) is 4.26. The molecule has 0 aliphatic rings. The van der Waals surface area contributed by atoms with E-state index in [1.54, 1.807) is 6.92 Å². The van der Waals surface area contributed by atoms with Gasteiger partial charge in [0.15, 0.2) is 11.6 Å². The van der Waals surface area contributed by atoms with Crippen LogP contribution in [0.25, 0.3) is 5.57 Å². The topological polar surface area (TPSA) is 52.6 Å². The van der Waals surface area contributed by atoms with Crippen molar-refractivity contribution >= 4 is 17.5 Å². The van der Waals surface area contributed by atoms with Crippen molar-refractivity contribution in [3.63, 3.8) is 0 Å². The third-order valence-corrected chi connectivity index (χ3v) is 2.89. The van der Waals surface area contributed by atoms with Gasteiger partial charge in [0, 0.05) is 17.7 Å². The maximum absolute atomic E-state index is 14.1. The molecule has 1 aromatic carbocycles. The Morgan fingerprint density at radius 1 is 1.04 bits per heavy atom. The van der Waals surface area contributed by atoms with Crippen molar-refractivity contribution in [2.24, 2.45) is 0 Å². The average molecular weight is 346 g/mol. The first-order valence-corrected chi connectivity index (χ1v) is 7.04. The van der Waals surface area contributed by atoms with E-state index in [-0.39, 0.29) is 16.9 Å². The van der Waals surface area contributed by atoms with Crippen molar-refractivity contribution in [2.45, 2.75) is 6.92 Å². The lowest BCUT2D eigenvalue weighted by Gasteiger charge is -2.08. The molecule has 0 N–H and O–H groups in total. The summed E-state index contributed by atoms with van der Waals surface area (Å²) in [5.74, 6) is -4.50. The molecule has 0 fully saturated rings. The molecular weight excluding hydrogens is 330 g/mol. The zero-order valence-corrected chi connectivity index (χ0v) is 13.6. The summed E-state index contributed by atoms with van der Waals surface area (Å²) in [6, 6.07) is 2.31. The average Bonchev–Trinajstić information content (AvgIpc) is 2.61. The van der Waals surface area contributed by atoms with Gasteiger partial charge in [-0.2, -0.15) is 4.39 Å². The summed E-state index contributed by atoms with van der Waals surface area (Å²) in [5, 5.41) is 0. The molecule has 0 saturated carbocycles. The van der Waals surface area contributed by atoms with Crippen molar-refractivity contribution in [1.82, 2.24) is 0 Å². The Bertz CT molecular complexity index is 789. The van der Waals surface area contributed by atoms with Crippen LogP contribution in [0.3, 0.4) is 0 Å². The Kier molecular flexibility index (Phi) is 7.21. The first-order chi connectivity index (χ1) is 11.8. The van der Waals surface area contributed by atoms with E-state index in [9.17, 15) is 18.4 Å². The van der Waals surface area contributed by atoms with Crippen LogP contribution in [0.5, 0.6) is 5.75 Å². The minimum Gasteiger partial charge on any atom is -0.424 e. The third-order valence-electron chi connectivity index (χ3n) is 2.89. The highest BCUT2D eigenvalue weighted by atomic mass is 19.2. The Morgan fingerprint density at radius 2 is 1.68 bits per heavy atom. The maximum Gasteiger partial charge on any atom is 0.335 e. The van der Waals surface area contributed by atoms with E-state index in [2.05, 4.69) is 24.5 Å². The molecule has 0 aromatic heterocycles. The second kappa shape index (κ2) is 9.12. The van der Waals surface area contributed by atoms with E-state index in [0.717, 1.165) is 18.2 Å².